The molecule has 3 heterocycles. The highest BCUT2D eigenvalue weighted by molar-refractivity contribution is 6.36. The molecular weight excluding hydrogens is 390 g/mol. The number of rotatable bonds is 4. The topological polar surface area (TPSA) is 99.2 Å². The van der Waals surface area contributed by atoms with Gasteiger partial charge in [-0.05, 0) is 18.2 Å². The van der Waals surface area contributed by atoms with E-state index in [-0.39, 0.29) is 10.7 Å². The van der Waals surface area contributed by atoms with E-state index in [1.54, 1.807) is 30.3 Å². The Hall–Kier alpha value is -2.71. The molecule has 146 valence electrons. The van der Waals surface area contributed by atoms with Crippen LogP contribution in [0.15, 0.2) is 36.4 Å². The molecule has 4 atom stereocenters. The van der Waals surface area contributed by atoms with Crippen LogP contribution in [0.2, 0.25) is 5.02 Å². The van der Waals surface area contributed by atoms with Crippen molar-refractivity contribution in [2.75, 3.05) is 4.90 Å². The third kappa shape index (κ3) is 2.56. The van der Waals surface area contributed by atoms with E-state index in [9.17, 15) is 19.2 Å². The molecule has 1 aromatic carbocycles. The monoisotopic (exact) mass is 405 g/mol. The van der Waals surface area contributed by atoms with Gasteiger partial charge in [-0.25, -0.2) is 4.90 Å². The van der Waals surface area contributed by atoms with Gasteiger partial charge >= 0.3 is 11.9 Å². The van der Waals surface area contributed by atoms with Crippen molar-refractivity contribution in [2.45, 2.75) is 31.8 Å². The van der Waals surface area contributed by atoms with Crippen molar-refractivity contribution in [3.05, 3.63) is 41.4 Å². The van der Waals surface area contributed by atoms with E-state index in [0.717, 1.165) is 18.7 Å². The van der Waals surface area contributed by atoms with E-state index in [1.807, 2.05) is 0 Å². The zero-order chi connectivity index (χ0) is 20.2. The summed E-state index contributed by atoms with van der Waals surface area (Å²) in [7, 11) is 0. The lowest BCUT2D eigenvalue weighted by molar-refractivity contribution is -0.226. The van der Waals surface area contributed by atoms with Gasteiger partial charge < -0.3 is 14.2 Å². The highest BCUT2D eigenvalue weighted by Crippen LogP contribution is 2.55. The van der Waals surface area contributed by atoms with Crippen LogP contribution >= 0.6 is 11.6 Å². The molecule has 2 fully saturated rings. The highest BCUT2D eigenvalue weighted by Gasteiger charge is 2.72. The smallest absolute Gasteiger partial charge is 0.305 e. The molecule has 0 N–H and O–H groups in total. The van der Waals surface area contributed by atoms with E-state index < -0.39 is 53.6 Å². The number of carbonyl (C=O) groups excluding carboxylic acids is 4. The number of hydrogen-bond acceptors (Lipinski definition) is 7. The van der Waals surface area contributed by atoms with Crippen LogP contribution in [-0.2, 0) is 33.4 Å². The first kappa shape index (κ1) is 18.6. The maximum absolute atomic E-state index is 13.3. The molecule has 28 heavy (non-hydrogen) atoms. The van der Waals surface area contributed by atoms with Gasteiger partial charge in [0.15, 0.2) is 5.60 Å². The van der Waals surface area contributed by atoms with Gasteiger partial charge in [0.1, 0.15) is 0 Å². The molecule has 0 unspecified atom stereocenters. The number of fused-ring (bicyclic) bond motifs is 5. The van der Waals surface area contributed by atoms with Crippen LogP contribution in [-0.4, -0.2) is 41.7 Å². The first-order valence-electron chi connectivity index (χ1n) is 8.60. The Morgan fingerprint density at radius 1 is 1.14 bits per heavy atom. The SMILES string of the molecule is CC(=O)OC(OC(C)=O)[C@]12C=C[C@H](O1)[C@@H]1C(=O)N(c3ccccc3Cl)C(=O)[C@@H]12. The van der Waals surface area contributed by atoms with E-state index in [4.69, 9.17) is 25.8 Å². The van der Waals surface area contributed by atoms with Crippen LogP contribution in [0, 0.1) is 11.8 Å². The van der Waals surface area contributed by atoms with Gasteiger partial charge in [-0.15, -0.1) is 0 Å². The first-order valence-corrected chi connectivity index (χ1v) is 8.98. The molecule has 3 aliphatic heterocycles. The average molecular weight is 406 g/mol. The van der Waals surface area contributed by atoms with Crippen molar-refractivity contribution in [1.29, 1.82) is 0 Å². The zero-order valence-electron chi connectivity index (χ0n) is 15.0. The third-order valence-electron chi connectivity index (χ3n) is 5.09. The van der Waals surface area contributed by atoms with Gasteiger partial charge in [0.25, 0.3) is 6.29 Å². The molecule has 2 amide bonds. The lowest BCUT2D eigenvalue weighted by atomic mass is 9.76. The number of anilines is 1. The molecule has 0 aliphatic carbocycles. The molecule has 0 saturated carbocycles. The third-order valence-corrected chi connectivity index (χ3v) is 5.41. The molecule has 8 nitrogen and oxygen atoms in total. The fourth-order valence-electron chi connectivity index (χ4n) is 4.09. The van der Waals surface area contributed by atoms with Crippen LogP contribution in [0.25, 0.3) is 0 Å². The number of carbonyl (C=O) groups is 4. The number of esters is 2. The second-order valence-electron chi connectivity index (χ2n) is 6.81. The predicted molar refractivity (Wildman–Crippen MR) is 95.0 cm³/mol. The largest absolute Gasteiger partial charge is 0.422 e. The number of benzene rings is 1. The van der Waals surface area contributed by atoms with Gasteiger partial charge in [0.05, 0.1) is 28.6 Å². The molecule has 2 bridgehead atoms. The zero-order valence-corrected chi connectivity index (χ0v) is 15.7. The van der Waals surface area contributed by atoms with Gasteiger partial charge in [0, 0.05) is 13.8 Å². The second-order valence-corrected chi connectivity index (χ2v) is 7.22. The summed E-state index contributed by atoms with van der Waals surface area (Å²) in [6.45, 7) is 2.29. The van der Waals surface area contributed by atoms with Gasteiger partial charge in [-0.1, -0.05) is 29.8 Å². The van der Waals surface area contributed by atoms with Crippen LogP contribution in [0.5, 0.6) is 0 Å². The summed E-state index contributed by atoms with van der Waals surface area (Å²) in [5.74, 6) is -4.31. The van der Waals surface area contributed by atoms with E-state index in [0.29, 0.717) is 0 Å². The lowest BCUT2D eigenvalue weighted by Crippen LogP contribution is -2.52. The second kappa shape index (κ2) is 6.42. The van der Waals surface area contributed by atoms with Gasteiger partial charge in [0.2, 0.25) is 11.8 Å². The van der Waals surface area contributed by atoms with E-state index >= 15 is 0 Å². The molecule has 0 spiro atoms. The molecule has 3 aliphatic rings. The summed E-state index contributed by atoms with van der Waals surface area (Å²) >= 11 is 6.18. The number of nitrogens with zero attached hydrogens (tertiary/aromatic N) is 1. The fraction of sp³-hybridized carbons (Fsp3) is 0.368. The Bertz CT molecular complexity index is 913. The standard InChI is InChI=1S/C19H16ClNO7/c1-9(22)26-18(27-10(2)23)19-8-7-13(28-19)14-15(19)17(25)21(16(14)24)12-6-4-3-5-11(12)20/h3-8,13-15,18H,1-2H3/t13-,14-,15+,19+/m0/s1. The molecular formula is C19H16ClNO7. The maximum Gasteiger partial charge on any atom is 0.305 e. The van der Waals surface area contributed by atoms with Crippen LogP contribution in [0.1, 0.15) is 13.8 Å². The minimum absolute atomic E-state index is 0.246. The van der Waals surface area contributed by atoms with Crippen molar-refractivity contribution < 1.29 is 33.4 Å². The van der Waals surface area contributed by atoms with Crippen molar-refractivity contribution in [3.63, 3.8) is 0 Å². The number of halogens is 1. The van der Waals surface area contributed by atoms with Crippen molar-refractivity contribution in [3.8, 4) is 0 Å². The molecule has 0 radical (unpaired) electrons. The minimum atomic E-state index is -1.57. The minimum Gasteiger partial charge on any atom is -0.422 e. The van der Waals surface area contributed by atoms with Gasteiger partial charge in [-0.2, -0.15) is 0 Å². The van der Waals surface area contributed by atoms with E-state index in [1.165, 1.54) is 6.08 Å². The highest BCUT2D eigenvalue weighted by atomic mass is 35.5. The summed E-state index contributed by atoms with van der Waals surface area (Å²) in [5, 5.41) is 0.246. The predicted octanol–water partition coefficient (Wildman–Crippen LogP) is 1.61. The summed E-state index contributed by atoms with van der Waals surface area (Å²) < 4.78 is 16.2. The van der Waals surface area contributed by atoms with Crippen LogP contribution in [0.4, 0.5) is 5.69 Å². The Morgan fingerprint density at radius 3 is 2.39 bits per heavy atom. The first-order chi connectivity index (χ1) is 13.3. The molecule has 0 aromatic heterocycles. The van der Waals surface area contributed by atoms with Crippen molar-refractivity contribution in [1.82, 2.24) is 0 Å². The van der Waals surface area contributed by atoms with Crippen molar-refractivity contribution in [2.24, 2.45) is 11.8 Å². The van der Waals surface area contributed by atoms with Crippen LogP contribution in [0.3, 0.4) is 0 Å². The average Bonchev–Trinajstić information content (AvgIpc) is 3.26. The Kier molecular flexibility index (Phi) is 4.28. The number of hydrogen-bond donors (Lipinski definition) is 0. The summed E-state index contributed by atoms with van der Waals surface area (Å²) in [6, 6.07) is 6.49. The summed E-state index contributed by atoms with van der Waals surface area (Å²) in [6.07, 6.45) is 0.934. The summed E-state index contributed by atoms with van der Waals surface area (Å²) in [5.41, 5.74) is -1.31. The number of amides is 2. The Morgan fingerprint density at radius 2 is 1.79 bits per heavy atom. The lowest BCUT2D eigenvalue weighted by Gasteiger charge is -2.34. The fourth-order valence-corrected chi connectivity index (χ4v) is 4.31. The summed E-state index contributed by atoms with van der Waals surface area (Å²) in [4.78, 5) is 50.5. The Labute approximate surface area is 165 Å². The molecule has 1 aromatic rings. The molecule has 4 rings (SSSR count). The van der Waals surface area contributed by atoms with Crippen LogP contribution < -0.4 is 4.90 Å². The normalized spacial score (nSPS) is 30.1. The number of para-hydroxylation sites is 1. The van der Waals surface area contributed by atoms with Crippen molar-refractivity contribution >= 4 is 41.0 Å². The number of ether oxygens (including phenoxy) is 3. The maximum atomic E-state index is 13.3. The number of imide groups is 1. The molecule has 9 heteroatoms. The molecule has 2 saturated heterocycles. The van der Waals surface area contributed by atoms with E-state index in [2.05, 4.69) is 0 Å². The van der Waals surface area contributed by atoms with Gasteiger partial charge in [-0.3, -0.25) is 19.2 Å². The quantitative estimate of drug-likeness (QED) is 0.324. The Balaban J connectivity index is 1.77.